The van der Waals surface area contributed by atoms with E-state index in [-0.39, 0.29) is 5.46 Å². The fourth-order valence-electron chi connectivity index (χ4n) is 1.60. The zero-order chi connectivity index (χ0) is 11.5. The fourth-order valence-corrected chi connectivity index (χ4v) is 1.60. The Morgan fingerprint density at radius 3 is 2.56 bits per heavy atom. The molecule has 0 unspecified atom stereocenters. The van der Waals surface area contributed by atoms with Crippen LogP contribution in [-0.4, -0.2) is 48.5 Å². The van der Waals surface area contributed by atoms with Crippen LogP contribution in [0.15, 0.2) is 12.1 Å². The molecule has 0 amide bonds. The van der Waals surface area contributed by atoms with Crippen LogP contribution in [0.5, 0.6) is 0 Å². The molecule has 2 heterocycles. The van der Waals surface area contributed by atoms with Crippen LogP contribution in [-0.2, 0) is 4.74 Å². The first-order valence-electron chi connectivity index (χ1n) is 5.04. The molecule has 0 aromatic carbocycles. The zero-order valence-corrected chi connectivity index (χ0v) is 8.64. The lowest BCUT2D eigenvalue weighted by Crippen LogP contribution is -2.38. The van der Waals surface area contributed by atoms with Crippen LogP contribution in [0.2, 0.25) is 0 Å². The van der Waals surface area contributed by atoms with Gasteiger partial charge >= 0.3 is 7.12 Å². The molecular weight excluding hydrogens is 214 g/mol. The molecule has 1 aromatic rings. The first-order chi connectivity index (χ1) is 7.68. The van der Waals surface area contributed by atoms with E-state index < -0.39 is 13.1 Å². The molecule has 86 valence electrons. The smallest absolute Gasteiger partial charge is 0.423 e. The van der Waals surface area contributed by atoms with Gasteiger partial charge in [0.05, 0.1) is 13.2 Å². The topological polar surface area (TPSA) is 65.8 Å². The maximum atomic E-state index is 13.4. The van der Waals surface area contributed by atoms with Crippen LogP contribution in [0.4, 0.5) is 10.2 Å². The number of pyridine rings is 1. The van der Waals surface area contributed by atoms with Crippen LogP contribution in [0.3, 0.4) is 0 Å². The third-order valence-corrected chi connectivity index (χ3v) is 2.48. The maximum absolute atomic E-state index is 13.4. The number of nitrogens with zero attached hydrogens (tertiary/aromatic N) is 2. The van der Waals surface area contributed by atoms with Gasteiger partial charge in [-0.3, -0.25) is 0 Å². The number of halogens is 1. The van der Waals surface area contributed by atoms with Gasteiger partial charge in [-0.2, -0.15) is 4.39 Å². The number of hydrogen-bond acceptors (Lipinski definition) is 5. The molecule has 5 nitrogen and oxygen atoms in total. The molecule has 1 aromatic heterocycles. The van der Waals surface area contributed by atoms with Crippen molar-refractivity contribution in [3.63, 3.8) is 0 Å². The first-order valence-corrected chi connectivity index (χ1v) is 5.04. The van der Waals surface area contributed by atoms with Crippen molar-refractivity contribution in [3.8, 4) is 0 Å². The Kier molecular flexibility index (Phi) is 3.38. The molecule has 1 aliphatic heterocycles. The first kappa shape index (κ1) is 11.3. The minimum atomic E-state index is -1.83. The Morgan fingerprint density at radius 1 is 1.31 bits per heavy atom. The highest BCUT2D eigenvalue weighted by atomic mass is 19.1. The summed E-state index contributed by atoms with van der Waals surface area (Å²) in [5.41, 5.74) is -0.211. The van der Waals surface area contributed by atoms with Crippen molar-refractivity contribution in [2.75, 3.05) is 31.2 Å². The average molecular weight is 226 g/mol. The predicted octanol–water partition coefficient (Wildman–Crippen LogP) is -1.26. The Morgan fingerprint density at radius 2 is 2.00 bits per heavy atom. The second kappa shape index (κ2) is 4.77. The molecule has 0 bridgehead atoms. The van der Waals surface area contributed by atoms with Crippen molar-refractivity contribution in [1.82, 2.24) is 4.98 Å². The van der Waals surface area contributed by atoms with Crippen molar-refractivity contribution in [2.24, 2.45) is 0 Å². The molecule has 2 rings (SSSR count). The van der Waals surface area contributed by atoms with Gasteiger partial charge in [0, 0.05) is 18.6 Å². The van der Waals surface area contributed by atoms with Gasteiger partial charge in [-0.15, -0.1) is 0 Å². The minimum absolute atomic E-state index is 0.211. The van der Waals surface area contributed by atoms with Crippen LogP contribution >= 0.6 is 0 Å². The summed E-state index contributed by atoms with van der Waals surface area (Å²) in [5.74, 6) is -0.357. The molecule has 7 heteroatoms. The Labute approximate surface area is 92.6 Å². The number of morpholine rings is 1. The normalized spacial score (nSPS) is 16.3. The predicted molar refractivity (Wildman–Crippen MR) is 57.1 cm³/mol. The summed E-state index contributed by atoms with van der Waals surface area (Å²) in [6, 6.07) is 2.90. The highest BCUT2D eigenvalue weighted by Gasteiger charge is 2.20. The molecule has 1 saturated heterocycles. The number of ether oxygens (including phenoxy) is 1. The molecule has 0 saturated carbocycles. The van der Waals surface area contributed by atoms with Gasteiger partial charge in [0.1, 0.15) is 5.82 Å². The molecule has 1 fully saturated rings. The van der Waals surface area contributed by atoms with Gasteiger partial charge in [0.2, 0.25) is 5.95 Å². The maximum Gasteiger partial charge on any atom is 0.493 e. The van der Waals surface area contributed by atoms with Gasteiger partial charge in [0.15, 0.2) is 0 Å². The third-order valence-electron chi connectivity index (χ3n) is 2.48. The summed E-state index contributed by atoms with van der Waals surface area (Å²) >= 11 is 0. The van der Waals surface area contributed by atoms with Crippen molar-refractivity contribution < 1.29 is 19.2 Å². The van der Waals surface area contributed by atoms with Crippen molar-refractivity contribution >= 4 is 18.4 Å². The summed E-state index contributed by atoms with van der Waals surface area (Å²) in [6.07, 6.45) is 0. The molecule has 1 aliphatic rings. The molecule has 0 aliphatic carbocycles. The van der Waals surface area contributed by atoms with Crippen molar-refractivity contribution in [1.29, 1.82) is 0 Å². The van der Waals surface area contributed by atoms with Crippen LogP contribution in [0, 0.1) is 5.95 Å². The number of hydrogen-bond donors (Lipinski definition) is 2. The molecule has 0 spiro atoms. The lowest BCUT2D eigenvalue weighted by molar-refractivity contribution is 0.122. The Bertz CT molecular complexity index is 372. The van der Waals surface area contributed by atoms with Gasteiger partial charge in [0.25, 0.3) is 0 Å². The molecule has 2 N–H and O–H groups in total. The monoisotopic (exact) mass is 226 g/mol. The van der Waals surface area contributed by atoms with E-state index in [4.69, 9.17) is 14.8 Å². The lowest BCUT2D eigenvalue weighted by Gasteiger charge is -2.27. The van der Waals surface area contributed by atoms with E-state index in [0.717, 1.165) is 0 Å². The van der Waals surface area contributed by atoms with E-state index in [1.54, 1.807) is 6.07 Å². The summed E-state index contributed by atoms with van der Waals surface area (Å²) < 4.78 is 18.5. The van der Waals surface area contributed by atoms with Gasteiger partial charge in [-0.05, 0) is 6.07 Å². The van der Waals surface area contributed by atoms with E-state index >= 15 is 0 Å². The highest BCUT2D eigenvalue weighted by molar-refractivity contribution is 6.58. The van der Waals surface area contributed by atoms with Gasteiger partial charge in [-0.1, -0.05) is 6.07 Å². The van der Waals surface area contributed by atoms with Crippen LogP contribution in [0.25, 0.3) is 0 Å². The van der Waals surface area contributed by atoms with Gasteiger partial charge in [-0.25, -0.2) is 4.98 Å². The third kappa shape index (κ3) is 2.32. The summed E-state index contributed by atoms with van der Waals surface area (Å²) in [5, 5.41) is 17.7. The fraction of sp³-hybridized carbons (Fsp3) is 0.444. The van der Waals surface area contributed by atoms with Crippen molar-refractivity contribution in [3.05, 3.63) is 18.1 Å². The van der Waals surface area contributed by atoms with Crippen LogP contribution < -0.4 is 10.4 Å². The second-order valence-corrected chi connectivity index (χ2v) is 3.52. The average Bonchev–Trinajstić information content (AvgIpc) is 2.29. The van der Waals surface area contributed by atoms with E-state index in [1.807, 2.05) is 4.90 Å². The summed E-state index contributed by atoms with van der Waals surface area (Å²) in [4.78, 5) is 5.59. The summed E-state index contributed by atoms with van der Waals surface area (Å²) in [6.45, 7) is 2.50. The molecule has 0 radical (unpaired) electrons. The van der Waals surface area contributed by atoms with E-state index in [0.29, 0.717) is 32.1 Å². The van der Waals surface area contributed by atoms with Crippen molar-refractivity contribution in [2.45, 2.75) is 0 Å². The molecule has 16 heavy (non-hydrogen) atoms. The number of aromatic nitrogens is 1. The Hall–Kier alpha value is -1.18. The number of anilines is 1. The van der Waals surface area contributed by atoms with Crippen LogP contribution in [0.1, 0.15) is 0 Å². The van der Waals surface area contributed by atoms with E-state index in [2.05, 4.69) is 4.98 Å². The Balaban J connectivity index is 2.19. The SMILES string of the molecule is OB(O)c1ccc(N2CCOCC2)nc1F. The van der Waals surface area contributed by atoms with E-state index in [9.17, 15) is 4.39 Å². The molecule has 0 atom stereocenters. The summed E-state index contributed by atoms with van der Waals surface area (Å²) in [7, 11) is -1.83. The zero-order valence-electron chi connectivity index (χ0n) is 8.64. The van der Waals surface area contributed by atoms with E-state index in [1.165, 1.54) is 6.07 Å². The standard InChI is InChI=1S/C9H12BFN2O3/c11-9-7(10(14)15)1-2-8(12-9)13-3-5-16-6-4-13/h1-2,14-15H,3-6H2. The minimum Gasteiger partial charge on any atom is -0.423 e. The lowest BCUT2D eigenvalue weighted by atomic mass is 9.81. The quantitative estimate of drug-likeness (QED) is 0.486. The highest BCUT2D eigenvalue weighted by Crippen LogP contribution is 2.11. The van der Waals surface area contributed by atoms with Gasteiger partial charge < -0.3 is 19.7 Å². The second-order valence-electron chi connectivity index (χ2n) is 3.52. The number of rotatable bonds is 2. The molecular formula is C9H12BFN2O3. The largest absolute Gasteiger partial charge is 0.493 e.